The van der Waals surface area contributed by atoms with Gasteiger partial charge in [-0.1, -0.05) is 34.8 Å². The molecule has 2 rings (SSSR count). The van der Waals surface area contributed by atoms with Crippen LogP contribution in [0.1, 0.15) is 19.3 Å². The van der Waals surface area contributed by atoms with Gasteiger partial charge >= 0.3 is 0 Å². The number of halogens is 3. The van der Waals surface area contributed by atoms with Crippen LogP contribution >= 0.6 is 34.8 Å². The molecule has 0 unspecified atom stereocenters. The number of fused-ring (bicyclic) bond motifs is 1. The van der Waals surface area contributed by atoms with Crippen LogP contribution in [0.5, 0.6) is 0 Å². The lowest BCUT2D eigenvalue weighted by molar-refractivity contribution is 0.316. The normalized spacial score (nSPS) is 49.2. The second-order valence-electron chi connectivity index (χ2n) is 3.18. The Bertz CT molecular complexity index is 274. The topological polar surface area (TPSA) is 36.3 Å². The summed E-state index contributed by atoms with van der Waals surface area (Å²) in [6, 6.07) is 1.97. The molecule has 0 bridgehead atoms. The molecule has 2 atom stereocenters. The Kier molecular flexibility index (Phi) is 1.64. The van der Waals surface area contributed by atoms with Crippen molar-refractivity contribution in [2.24, 2.45) is 0 Å². The molecule has 1 saturated carbocycles. The second-order valence-corrected chi connectivity index (χ2v) is 5.28. The van der Waals surface area contributed by atoms with Gasteiger partial charge in [-0.05, 0) is 19.3 Å². The Balaban J connectivity index is 2.38. The summed E-state index contributed by atoms with van der Waals surface area (Å²) in [7, 11) is 0. The Hall–Kier alpha value is 0.320. The second kappa shape index (κ2) is 2.22. The highest BCUT2D eigenvalue weighted by atomic mass is 35.5. The van der Waals surface area contributed by atoms with Crippen LogP contribution in [0.4, 0.5) is 0 Å². The summed E-state index contributed by atoms with van der Waals surface area (Å²) in [5, 5.41) is 7.94. The highest BCUT2D eigenvalue weighted by molar-refractivity contribution is 6.51. The van der Waals surface area contributed by atoms with Gasteiger partial charge in [0.25, 0.3) is 0 Å². The van der Waals surface area contributed by atoms with E-state index >= 15 is 0 Å². The third-order valence-corrected chi connectivity index (χ3v) is 3.90. The minimum Gasteiger partial charge on any atom is -0.327 e. The summed E-state index contributed by atoms with van der Waals surface area (Å²) in [6.45, 7) is 0. The summed E-state index contributed by atoms with van der Waals surface area (Å²) >= 11 is 17.9. The molecular formula is C7H6Cl3NO. The molecule has 5 heteroatoms. The van der Waals surface area contributed by atoms with Gasteiger partial charge < -0.3 is 4.74 Å². The quantitative estimate of drug-likeness (QED) is 0.470. The molecule has 2 fully saturated rings. The van der Waals surface area contributed by atoms with E-state index in [1.165, 1.54) is 0 Å². The third-order valence-electron chi connectivity index (χ3n) is 2.46. The number of rotatable bonds is 0. The van der Waals surface area contributed by atoms with Crippen molar-refractivity contribution in [1.29, 1.82) is 5.26 Å². The fourth-order valence-electron chi connectivity index (χ4n) is 1.69. The van der Waals surface area contributed by atoms with Crippen LogP contribution in [-0.2, 0) is 4.74 Å². The van der Waals surface area contributed by atoms with Crippen LogP contribution in [-0.4, -0.2) is 15.0 Å². The van der Waals surface area contributed by atoms with E-state index in [-0.39, 0.29) is 0 Å². The number of alkyl halides is 3. The lowest BCUT2D eigenvalue weighted by Gasteiger charge is -2.27. The lowest BCUT2D eigenvalue weighted by atomic mass is 9.88. The van der Waals surface area contributed by atoms with Crippen molar-refractivity contribution in [3.8, 4) is 6.07 Å². The van der Waals surface area contributed by atoms with Crippen molar-refractivity contribution >= 4 is 34.8 Å². The van der Waals surface area contributed by atoms with Crippen LogP contribution in [0.25, 0.3) is 0 Å². The summed E-state index contributed by atoms with van der Waals surface area (Å²) < 4.78 is 4.01. The molecule has 1 aliphatic heterocycles. The van der Waals surface area contributed by atoms with E-state index in [2.05, 4.69) is 0 Å². The Morgan fingerprint density at radius 1 is 1.25 bits per heavy atom. The van der Waals surface area contributed by atoms with Gasteiger partial charge in [-0.15, -0.1) is 0 Å². The fraction of sp³-hybridized carbons (Fsp3) is 0.857. The minimum absolute atomic E-state index is 0.554. The number of hydrogen-bond acceptors (Lipinski definition) is 2. The number of epoxide rings is 1. The van der Waals surface area contributed by atoms with E-state index in [9.17, 15) is 0 Å². The Morgan fingerprint density at radius 3 is 2.33 bits per heavy atom. The van der Waals surface area contributed by atoms with Crippen LogP contribution in [0.2, 0.25) is 0 Å². The van der Waals surface area contributed by atoms with Gasteiger partial charge in [0, 0.05) is 0 Å². The molecule has 0 amide bonds. The molecule has 0 aromatic rings. The molecule has 1 saturated heterocycles. The molecule has 0 aromatic heterocycles. The Labute approximate surface area is 85.3 Å². The molecule has 0 spiro atoms. The molecule has 2 aliphatic rings. The van der Waals surface area contributed by atoms with Gasteiger partial charge in [-0.25, -0.2) is 0 Å². The summed E-state index contributed by atoms with van der Waals surface area (Å²) in [6.07, 6.45) is 1.99. The maximum absolute atomic E-state index is 8.86. The largest absolute Gasteiger partial charge is 0.327 e. The zero-order chi connectivity index (χ0) is 9.04. The minimum atomic E-state index is -1.18. The van der Waals surface area contributed by atoms with E-state index in [1.807, 2.05) is 6.07 Å². The molecule has 66 valence electrons. The first-order chi connectivity index (χ1) is 5.47. The number of hydrogen-bond donors (Lipinski definition) is 0. The molecule has 0 aromatic carbocycles. The smallest absolute Gasteiger partial charge is 0.231 e. The first kappa shape index (κ1) is 8.90. The fourth-order valence-corrected chi connectivity index (χ4v) is 2.98. The van der Waals surface area contributed by atoms with Gasteiger partial charge in [0.15, 0.2) is 9.39 Å². The number of ether oxygens (including phenoxy) is 1. The highest BCUT2D eigenvalue weighted by Gasteiger charge is 2.81. The average Bonchev–Trinajstić information content (AvgIpc) is 2.58. The molecule has 0 radical (unpaired) electrons. The van der Waals surface area contributed by atoms with Gasteiger partial charge in [0.1, 0.15) is 6.07 Å². The SMILES string of the molecule is N#C[C@]12O[C@@]1(Cl)CCCC2(Cl)Cl. The average molecular weight is 226 g/mol. The van der Waals surface area contributed by atoms with E-state index in [0.29, 0.717) is 12.8 Å². The zero-order valence-corrected chi connectivity index (χ0v) is 8.38. The van der Waals surface area contributed by atoms with E-state index in [4.69, 9.17) is 44.8 Å². The van der Waals surface area contributed by atoms with Gasteiger partial charge in [0.2, 0.25) is 5.60 Å². The molecule has 1 heterocycles. The first-order valence-electron chi connectivity index (χ1n) is 3.66. The van der Waals surface area contributed by atoms with Crippen LogP contribution in [0.15, 0.2) is 0 Å². The van der Waals surface area contributed by atoms with Crippen molar-refractivity contribution < 1.29 is 4.74 Å². The molecular weight excluding hydrogens is 220 g/mol. The van der Waals surface area contributed by atoms with Crippen molar-refractivity contribution in [2.45, 2.75) is 34.3 Å². The van der Waals surface area contributed by atoms with E-state index in [1.54, 1.807) is 0 Å². The number of nitriles is 1. The third kappa shape index (κ3) is 0.807. The molecule has 0 N–H and O–H groups in total. The summed E-state index contributed by atoms with van der Waals surface area (Å²) in [5.74, 6) is 0. The molecule has 2 nitrogen and oxygen atoms in total. The summed E-state index contributed by atoms with van der Waals surface area (Å²) in [4.78, 5) is 0. The zero-order valence-electron chi connectivity index (χ0n) is 6.11. The highest BCUT2D eigenvalue weighted by Crippen LogP contribution is 2.67. The van der Waals surface area contributed by atoms with Gasteiger partial charge in [0.05, 0.1) is 0 Å². The Morgan fingerprint density at radius 2 is 1.92 bits per heavy atom. The van der Waals surface area contributed by atoms with Crippen LogP contribution < -0.4 is 0 Å². The maximum atomic E-state index is 8.86. The molecule has 1 aliphatic carbocycles. The predicted molar refractivity (Wildman–Crippen MR) is 46.3 cm³/mol. The standard InChI is InChI=1S/C7H6Cl3NO/c8-6(9)2-1-3-7(10)5(6,4-11)12-7/h1-3H2/t5-,7+/m1/s1. The van der Waals surface area contributed by atoms with Crippen molar-refractivity contribution in [3.63, 3.8) is 0 Å². The van der Waals surface area contributed by atoms with E-state index < -0.39 is 15.0 Å². The lowest BCUT2D eigenvalue weighted by Crippen LogP contribution is -2.42. The van der Waals surface area contributed by atoms with E-state index in [0.717, 1.165) is 6.42 Å². The number of nitrogens with zero attached hydrogens (tertiary/aromatic N) is 1. The van der Waals surface area contributed by atoms with Crippen LogP contribution in [0.3, 0.4) is 0 Å². The molecule has 12 heavy (non-hydrogen) atoms. The van der Waals surface area contributed by atoms with Gasteiger partial charge in [-0.2, -0.15) is 5.26 Å². The van der Waals surface area contributed by atoms with Crippen molar-refractivity contribution in [1.82, 2.24) is 0 Å². The summed E-state index contributed by atoms with van der Waals surface area (Å²) in [5.41, 5.74) is -1.18. The monoisotopic (exact) mass is 225 g/mol. The van der Waals surface area contributed by atoms with Crippen LogP contribution in [0, 0.1) is 11.3 Å². The van der Waals surface area contributed by atoms with Gasteiger partial charge in [-0.3, -0.25) is 0 Å². The first-order valence-corrected chi connectivity index (χ1v) is 4.79. The maximum Gasteiger partial charge on any atom is 0.231 e. The van der Waals surface area contributed by atoms with Crippen molar-refractivity contribution in [2.75, 3.05) is 0 Å². The predicted octanol–water partition coefficient (Wildman–Crippen LogP) is 2.57. The van der Waals surface area contributed by atoms with Crippen molar-refractivity contribution in [3.05, 3.63) is 0 Å².